The Morgan fingerprint density at radius 2 is 1.82 bits per heavy atom. The molecule has 8 nitrogen and oxygen atoms in total. The van der Waals surface area contributed by atoms with Gasteiger partial charge >= 0.3 is 0 Å². The summed E-state index contributed by atoms with van der Waals surface area (Å²) in [7, 11) is 5.32. The average Bonchev–Trinajstić information content (AvgIpc) is 3.37. The minimum atomic E-state index is -0.871. The van der Waals surface area contributed by atoms with Crippen LogP contribution in [0.15, 0.2) is 36.9 Å². The van der Waals surface area contributed by atoms with Crippen molar-refractivity contribution in [3.8, 4) is 22.8 Å². The number of fused-ring (bicyclic) bond motifs is 1. The first-order valence-electron chi connectivity index (χ1n) is 13.2. The maximum absolute atomic E-state index is 10.3. The second-order valence-corrected chi connectivity index (χ2v) is 10.9. The molecule has 3 aromatic rings. The van der Waals surface area contributed by atoms with Crippen LogP contribution in [-0.2, 0) is 12.8 Å². The second kappa shape index (κ2) is 11.7. The molecule has 208 valence electrons. The predicted molar refractivity (Wildman–Crippen MR) is 158 cm³/mol. The number of H-pyrrole nitrogens is 1. The van der Waals surface area contributed by atoms with Crippen molar-refractivity contribution in [3.05, 3.63) is 63.8 Å². The quantitative estimate of drug-likeness (QED) is 0.248. The third kappa shape index (κ3) is 5.43. The van der Waals surface area contributed by atoms with Crippen LogP contribution in [0, 0.1) is 0 Å². The molecule has 3 N–H and O–H groups in total. The highest BCUT2D eigenvalue weighted by molar-refractivity contribution is 6.38. The molecule has 1 aliphatic carbocycles. The number of benzene rings is 2. The number of aromatic nitrogens is 2. The summed E-state index contributed by atoms with van der Waals surface area (Å²) < 4.78 is 11.0. The van der Waals surface area contributed by atoms with E-state index in [0.29, 0.717) is 28.0 Å². The summed E-state index contributed by atoms with van der Waals surface area (Å²) in [5.41, 5.74) is 6.84. The molecule has 0 amide bonds. The van der Waals surface area contributed by atoms with E-state index in [9.17, 15) is 5.11 Å². The fourth-order valence-electron chi connectivity index (χ4n) is 5.57. The Bertz CT molecular complexity index is 1320. The average molecular weight is 573 g/mol. The lowest BCUT2D eigenvalue weighted by atomic mass is 9.81. The number of likely N-dealkylation sites (N-methyl/N-ethyl adjacent to an activating group) is 1. The van der Waals surface area contributed by atoms with Gasteiger partial charge in [-0.3, -0.25) is 5.10 Å². The van der Waals surface area contributed by atoms with Gasteiger partial charge in [-0.15, -0.1) is 0 Å². The lowest BCUT2D eigenvalue weighted by Gasteiger charge is -2.34. The van der Waals surface area contributed by atoms with E-state index < -0.39 is 6.23 Å². The maximum Gasteiger partial charge on any atom is 0.143 e. The molecule has 1 aliphatic heterocycles. The van der Waals surface area contributed by atoms with E-state index >= 15 is 0 Å². The number of piperazine rings is 1. The lowest BCUT2D eigenvalue weighted by Crippen LogP contribution is -2.44. The first-order valence-corrected chi connectivity index (χ1v) is 13.9. The molecular weight excluding hydrogens is 537 g/mol. The Hall–Kier alpha value is -2.91. The molecule has 2 aliphatic rings. The highest BCUT2D eigenvalue weighted by atomic mass is 35.5. The van der Waals surface area contributed by atoms with Gasteiger partial charge in [0.1, 0.15) is 17.7 Å². The summed E-state index contributed by atoms with van der Waals surface area (Å²) in [4.78, 5) is 4.73. The molecule has 1 aromatic heterocycles. The van der Waals surface area contributed by atoms with Crippen LogP contribution in [-0.4, -0.2) is 73.9 Å². The molecule has 2 aromatic carbocycles. The van der Waals surface area contributed by atoms with Gasteiger partial charge in [0, 0.05) is 66.0 Å². The van der Waals surface area contributed by atoms with Crippen LogP contribution in [0.5, 0.6) is 11.5 Å². The molecule has 10 heteroatoms. The van der Waals surface area contributed by atoms with Crippen LogP contribution >= 0.6 is 23.2 Å². The molecule has 1 unspecified atom stereocenters. The lowest BCUT2D eigenvalue weighted by molar-refractivity contribution is 0.253. The molecule has 2 atom stereocenters. The third-order valence-corrected chi connectivity index (χ3v) is 8.60. The Morgan fingerprint density at radius 1 is 1.13 bits per heavy atom. The zero-order chi connectivity index (χ0) is 27.7. The highest BCUT2D eigenvalue weighted by Crippen LogP contribution is 2.48. The predicted octanol–water partition coefficient (Wildman–Crippen LogP) is 5.34. The van der Waals surface area contributed by atoms with Crippen molar-refractivity contribution in [2.75, 3.05) is 57.7 Å². The van der Waals surface area contributed by atoms with E-state index in [1.165, 1.54) is 11.6 Å². The van der Waals surface area contributed by atoms with Crippen LogP contribution in [0.4, 0.5) is 11.4 Å². The second-order valence-electron chi connectivity index (χ2n) is 10.1. The van der Waals surface area contributed by atoms with Gasteiger partial charge in [-0.2, -0.15) is 5.10 Å². The molecule has 1 saturated heterocycles. The highest BCUT2D eigenvalue weighted by Gasteiger charge is 2.31. The van der Waals surface area contributed by atoms with Crippen LogP contribution < -0.4 is 19.7 Å². The zero-order valence-electron chi connectivity index (χ0n) is 22.6. The number of aliphatic hydroxyl groups excluding tert-OH is 1. The smallest absolute Gasteiger partial charge is 0.143 e. The van der Waals surface area contributed by atoms with E-state index in [0.717, 1.165) is 72.9 Å². The van der Waals surface area contributed by atoms with Gasteiger partial charge in [0.25, 0.3) is 0 Å². The molecule has 1 fully saturated rings. The number of nitrogens with zero attached hydrogens (tertiary/aromatic N) is 3. The minimum Gasteiger partial charge on any atom is -0.495 e. The molecule has 5 rings (SSSR count). The maximum atomic E-state index is 10.3. The monoisotopic (exact) mass is 571 g/mol. The van der Waals surface area contributed by atoms with Gasteiger partial charge in [-0.25, -0.2) is 0 Å². The fourth-order valence-corrected chi connectivity index (χ4v) is 6.38. The van der Waals surface area contributed by atoms with Crippen molar-refractivity contribution in [2.24, 2.45) is 0 Å². The van der Waals surface area contributed by atoms with Gasteiger partial charge in [0.15, 0.2) is 0 Å². The van der Waals surface area contributed by atoms with E-state index in [-0.39, 0.29) is 5.92 Å². The van der Waals surface area contributed by atoms with Crippen LogP contribution in [0.1, 0.15) is 29.2 Å². The molecular formula is C29H35Cl2N5O3. The van der Waals surface area contributed by atoms with Crippen LogP contribution in [0.25, 0.3) is 11.3 Å². The Balaban J connectivity index is 1.50. The van der Waals surface area contributed by atoms with Gasteiger partial charge in [-0.1, -0.05) is 29.8 Å². The number of hydrogen-bond donors (Lipinski definition) is 3. The molecule has 0 saturated carbocycles. The van der Waals surface area contributed by atoms with Crippen molar-refractivity contribution in [3.63, 3.8) is 0 Å². The number of hydrogen-bond acceptors (Lipinski definition) is 7. The zero-order valence-corrected chi connectivity index (χ0v) is 24.1. The van der Waals surface area contributed by atoms with Gasteiger partial charge < -0.3 is 29.7 Å². The van der Waals surface area contributed by atoms with E-state index in [1.54, 1.807) is 20.3 Å². The minimum absolute atomic E-state index is 0.0756. The molecule has 2 heterocycles. The van der Waals surface area contributed by atoms with Gasteiger partial charge in [0.2, 0.25) is 0 Å². The van der Waals surface area contributed by atoms with Gasteiger partial charge in [0.05, 0.1) is 30.0 Å². The number of methoxy groups -OCH3 is 2. The molecule has 0 bridgehead atoms. The van der Waals surface area contributed by atoms with Crippen LogP contribution in [0.3, 0.4) is 0 Å². The first-order chi connectivity index (χ1) is 18.8. The Labute approximate surface area is 239 Å². The Kier molecular flexibility index (Phi) is 8.28. The topological polar surface area (TPSA) is 85.9 Å². The number of nitrogens with one attached hydrogen (secondary N) is 2. The first kappa shape index (κ1) is 27.6. The van der Waals surface area contributed by atoms with E-state index in [4.69, 9.17) is 37.8 Å². The van der Waals surface area contributed by atoms with Crippen molar-refractivity contribution < 1.29 is 14.6 Å². The van der Waals surface area contributed by atoms with Gasteiger partial charge in [-0.05, 0) is 56.5 Å². The van der Waals surface area contributed by atoms with Crippen molar-refractivity contribution >= 4 is 34.6 Å². The van der Waals surface area contributed by atoms with Crippen molar-refractivity contribution in [1.29, 1.82) is 0 Å². The summed E-state index contributed by atoms with van der Waals surface area (Å²) in [6.45, 7) is 7.67. The summed E-state index contributed by atoms with van der Waals surface area (Å²) in [6.07, 6.45) is 2.93. The fraction of sp³-hybridized carbons (Fsp3) is 0.414. The third-order valence-electron chi connectivity index (χ3n) is 7.82. The molecule has 39 heavy (non-hydrogen) atoms. The number of anilines is 2. The number of halogens is 2. The molecule has 0 radical (unpaired) electrons. The summed E-state index contributed by atoms with van der Waals surface area (Å²) in [6, 6.07) is 8.01. The number of rotatable bonds is 8. The SMILES string of the molecule is C=CC(O)Nc1ccc(N2CCN(C)CC2)cc1-c1n[nH]c2c1CC[C@@H](c1c(Cl)c(OC)cc(OC)c1Cl)C2. The van der Waals surface area contributed by atoms with Crippen LogP contribution in [0.2, 0.25) is 10.0 Å². The number of ether oxygens (including phenoxy) is 2. The van der Waals surface area contributed by atoms with Crippen molar-refractivity contribution in [1.82, 2.24) is 15.1 Å². The number of aromatic amines is 1. The summed E-state index contributed by atoms with van der Waals surface area (Å²) in [5, 5.41) is 22.6. The van der Waals surface area contributed by atoms with E-state index in [1.807, 2.05) is 6.07 Å². The van der Waals surface area contributed by atoms with E-state index in [2.05, 4.69) is 46.0 Å². The summed E-state index contributed by atoms with van der Waals surface area (Å²) in [5.74, 6) is 1.16. The normalized spacial score (nSPS) is 18.4. The number of aliphatic hydroxyl groups is 1. The van der Waals surface area contributed by atoms with Crippen molar-refractivity contribution in [2.45, 2.75) is 31.4 Å². The molecule has 0 spiro atoms. The summed E-state index contributed by atoms with van der Waals surface area (Å²) >= 11 is 13.5. The largest absolute Gasteiger partial charge is 0.495 e. The Morgan fingerprint density at radius 3 is 2.46 bits per heavy atom. The standard InChI is InChI=1S/C29H35Cl2N5O3/c1-5-25(37)32-21-9-7-18(36-12-10-35(2)11-13-36)15-20(21)29-19-8-6-17(14-22(19)33-34-29)26-27(30)23(38-3)16-24(39-4)28(26)31/h5,7,9,15-17,25,32,37H,1,6,8,10-14H2,2-4H3,(H,33,34)/t17-,25?/m1/s1.